The summed E-state index contributed by atoms with van der Waals surface area (Å²) in [4.78, 5) is 12.4. The average Bonchev–Trinajstić information content (AvgIpc) is 3.19. The van der Waals surface area contributed by atoms with Crippen LogP contribution in [0.2, 0.25) is 5.02 Å². The minimum atomic E-state index is -0.505. The second-order valence-electron chi connectivity index (χ2n) is 6.41. The molecule has 3 aromatic carbocycles. The first-order chi connectivity index (χ1) is 14.1. The molecule has 1 heterocycles. The number of methoxy groups -OCH3 is 1. The van der Waals surface area contributed by atoms with Crippen molar-refractivity contribution in [1.82, 2.24) is 0 Å². The summed E-state index contributed by atoms with van der Waals surface area (Å²) in [6.45, 7) is 0. The van der Waals surface area contributed by atoms with E-state index in [2.05, 4.69) is 0 Å². The van der Waals surface area contributed by atoms with Crippen molar-refractivity contribution < 1.29 is 18.3 Å². The van der Waals surface area contributed by atoms with Crippen LogP contribution >= 0.6 is 11.6 Å². The molecule has 0 saturated heterocycles. The van der Waals surface area contributed by atoms with Crippen LogP contribution in [0.15, 0.2) is 83.3 Å². The molecule has 0 saturated carbocycles. The van der Waals surface area contributed by atoms with Gasteiger partial charge >= 0.3 is 5.97 Å². The van der Waals surface area contributed by atoms with Gasteiger partial charge in [0, 0.05) is 27.3 Å². The first-order valence-electron chi connectivity index (χ1n) is 8.90. The summed E-state index contributed by atoms with van der Waals surface area (Å²) in [7, 11) is 1.32. The van der Waals surface area contributed by atoms with Crippen LogP contribution in [0.3, 0.4) is 0 Å². The average molecular weight is 407 g/mol. The highest BCUT2D eigenvalue weighted by Crippen LogP contribution is 2.40. The molecule has 4 aromatic rings. The van der Waals surface area contributed by atoms with Crippen LogP contribution in [0.4, 0.5) is 4.39 Å². The molecule has 0 aliphatic heterocycles. The van der Waals surface area contributed by atoms with Gasteiger partial charge in [-0.3, -0.25) is 0 Å². The van der Waals surface area contributed by atoms with E-state index in [0.29, 0.717) is 38.8 Å². The van der Waals surface area contributed by atoms with Gasteiger partial charge in [-0.15, -0.1) is 0 Å². The smallest absolute Gasteiger partial charge is 0.338 e. The summed E-state index contributed by atoms with van der Waals surface area (Å²) < 4.78 is 24.6. The topological polar surface area (TPSA) is 39.4 Å². The van der Waals surface area contributed by atoms with Crippen LogP contribution in [0.25, 0.3) is 33.8 Å². The Labute approximate surface area is 172 Å². The highest BCUT2D eigenvalue weighted by molar-refractivity contribution is 6.31. The predicted molar refractivity (Wildman–Crippen MR) is 111 cm³/mol. The third-order valence-corrected chi connectivity index (χ3v) is 4.81. The van der Waals surface area contributed by atoms with E-state index >= 15 is 0 Å². The Kier molecular flexibility index (Phi) is 5.19. The van der Waals surface area contributed by atoms with E-state index in [1.54, 1.807) is 30.3 Å². The molecule has 29 heavy (non-hydrogen) atoms. The van der Waals surface area contributed by atoms with E-state index in [1.165, 1.54) is 19.2 Å². The molecule has 0 aliphatic rings. The summed E-state index contributed by atoms with van der Waals surface area (Å²) in [5.74, 6) is 0.309. The number of halogens is 2. The lowest BCUT2D eigenvalue weighted by molar-refractivity contribution is 0.0601. The minimum Gasteiger partial charge on any atom is -0.465 e. The maximum atomic E-state index is 13.4. The number of ether oxygens (including phenoxy) is 1. The van der Waals surface area contributed by atoms with Crippen molar-refractivity contribution in [2.24, 2.45) is 0 Å². The maximum absolute atomic E-state index is 13.4. The van der Waals surface area contributed by atoms with Crippen molar-refractivity contribution in [2.75, 3.05) is 7.11 Å². The molecule has 0 radical (unpaired) electrons. The SMILES string of the molecule is COC(=O)c1cc(Cl)ccc1-c1cc(-c2ccccc2)oc1-c1ccc(F)cc1. The fourth-order valence-corrected chi connectivity index (χ4v) is 3.35. The number of benzene rings is 3. The zero-order chi connectivity index (χ0) is 20.4. The molecule has 5 heteroatoms. The largest absolute Gasteiger partial charge is 0.465 e. The third kappa shape index (κ3) is 3.80. The van der Waals surface area contributed by atoms with Crippen LogP contribution in [0.1, 0.15) is 10.4 Å². The molecule has 0 atom stereocenters. The number of hydrogen-bond donors (Lipinski definition) is 0. The van der Waals surface area contributed by atoms with Crippen molar-refractivity contribution in [3.05, 3.63) is 95.3 Å². The molecule has 144 valence electrons. The second-order valence-corrected chi connectivity index (χ2v) is 6.84. The Hall–Kier alpha value is -3.37. The van der Waals surface area contributed by atoms with Crippen LogP contribution < -0.4 is 0 Å². The Morgan fingerprint density at radius 1 is 0.897 bits per heavy atom. The molecule has 0 amide bonds. The monoisotopic (exact) mass is 406 g/mol. The summed E-state index contributed by atoms with van der Waals surface area (Å²) >= 11 is 6.11. The summed E-state index contributed by atoms with van der Waals surface area (Å²) in [5.41, 5.74) is 3.20. The van der Waals surface area contributed by atoms with E-state index in [4.69, 9.17) is 20.8 Å². The molecule has 0 N–H and O–H groups in total. The molecule has 0 fully saturated rings. The van der Waals surface area contributed by atoms with Crippen LogP contribution in [0.5, 0.6) is 0 Å². The van der Waals surface area contributed by atoms with E-state index in [1.807, 2.05) is 36.4 Å². The number of hydrogen-bond acceptors (Lipinski definition) is 3. The van der Waals surface area contributed by atoms with Crippen molar-refractivity contribution >= 4 is 17.6 Å². The van der Waals surface area contributed by atoms with Crippen molar-refractivity contribution in [3.8, 4) is 33.8 Å². The Morgan fingerprint density at radius 2 is 1.62 bits per heavy atom. The third-order valence-electron chi connectivity index (χ3n) is 4.57. The lowest BCUT2D eigenvalue weighted by Crippen LogP contribution is -2.03. The lowest BCUT2D eigenvalue weighted by atomic mass is 9.96. The first-order valence-corrected chi connectivity index (χ1v) is 9.28. The van der Waals surface area contributed by atoms with Gasteiger partial charge in [0.1, 0.15) is 17.3 Å². The molecule has 0 bridgehead atoms. The molecule has 1 aromatic heterocycles. The lowest BCUT2D eigenvalue weighted by Gasteiger charge is -2.09. The Bertz CT molecular complexity index is 1160. The minimum absolute atomic E-state index is 0.323. The number of esters is 1. The molecule has 0 unspecified atom stereocenters. The molecular formula is C24H16ClFO3. The summed E-state index contributed by atoms with van der Waals surface area (Å²) in [6.07, 6.45) is 0. The normalized spacial score (nSPS) is 10.7. The number of rotatable bonds is 4. The molecule has 4 rings (SSSR count). The van der Waals surface area contributed by atoms with Gasteiger partial charge < -0.3 is 9.15 Å². The quantitative estimate of drug-likeness (QED) is 0.347. The molecule has 3 nitrogen and oxygen atoms in total. The fraction of sp³-hybridized carbons (Fsp3) is 0.0417. The standard InChI is InChI=1S/C24H16ClFO3/c1-28-24(27)21-13-17(25)9-12-19(21)20-14-22(15-5-3-2-4-6-15)29-23(20)16-7-10-18(26)11-8-16/h2-14H,1H3. The predicted octanol–water partition coefficient (Wildman–Crippen LogP) is 6.86. The van der Waals surface area contributed by atoms with Gasteiger partial charge in [0.05, 0.1) is 12.7 Å². The van der Waals surface area contributed by atoms with Gasteiger partial charge in [0.2, 0.25) is 0 Å². The van der Waals surface area contributed by atoms with Crippen molar-refractivity contribution in [1.29, 1.82) is 0 Å². The first kappa shape index (κ1) is 19.0. The molecule has 0 spiro atoms. The molecule has 0 aliphatic carbocycles. The highest BCUT2D eigenvalue weighted by Gasteiger charge is 2.21. The summed E-state index contributed by atoms with van der Waals surface area (Å²) in [5, 5.41) is 0.421. The van der Waals surface area contributed by atoms with Gasteiger partial charge in [0.15, 0.2) is 0 Å². The van der Waals surface area contributed by atoms with Gasteiger partial charge in [-0.05, 0) is 42.5 Å². The zero-order valence-corrected chi connectivity index (χ0v) is 16.2. The van der Waals surface area contributed by atoms with Gasteiger partial charge in [-0.1, -0.05) is 48.0 Å². The molecular weight excluding hydrogens is 391 g/mol. The van der Waals surface area contributed by atoms with Crippen LogP contribution in [-0.4, -0.2) is 13.1 Å². The fourth-order valence-electron chi connectivity index (χ4n) is 3.18. The van der Waals surface area contributed by atoms with E-state index in [9.17, 15) is 9.18 Å². The summed E-state index contributed by atoms with van der Waals surface area (Å²) in [6, 6.07) is 22.5. The zero-order valence-electron chi connectivity index (χ0n) is 15.5. The Balaban J connectivity index is 1.96. The Morgan fingerprint density at radius 3 is 2.31 bits per heavy atom. The highest BCUT2D eigenvalue weighted by atomic mass is 35.5. The van der Waals surface area contributed by atoms with Crippen LogP contribution in [0, 0.1) is 5.82 Å². The number of carbonyl (C=O) groups excluding carboxylic acids is 1. The van der Waals surface area contributed by atoms with Crippen molar-refractivity contribution in [2.45, 2.75) is 0 Å². The van der Waals surface area contributed by atoms with Gasteiger partial charge in [-0.2, -0.15) is 0 Å². The maximum Gasteiger partial charge on any atom is 0.338 e. The van der Waals surface area contributed by atoms with Gasteiger partial charge in [-0.25, -0.2) is 9.18 Å². The number of furan rings is 1. The number of carbonyl (C=O) groups is 1. The van der Waals surface area contributed by atoms with Gasteiger partial charge in [0.25, 0.3) is 0 Å². The van der Waals surface area contributed by atoms with E-state index in [0.717, 1.165) is 5.56 Å². The van der Waals surface area contributed by atoms with E-state index < -0.39 is 5.97 Å². The second kappa shape index (κ2) is 7.94. The van der Waals surface area contributed by atoms with Crippen molar-refractivity contribution in [3.63, 3.8) is 0 Å². The van der Waals surface area contributed by atoms with E-state index in [-0.39, 0.29) is 5.82 Å². The van der Waals surface area contributed by atoms with Crippen LogP contribution in [-0.2, 0) is 4.74 Å².